The fourth-order valence-corrected chi connectivity index (χ4v) is 4.47. The second-order valence-electron chi connectivity index (χ2n) is 8.45. The smallest absolute Gasteiger partial charge is 0.320 e. The minimum atomic E-state index is -1.03. The van der Waals surface area contributed by atoms with Crippen molar-refractivity contribution < 1.29 is 14.7 Å². The lowest BCUT2D eigenvalue weighted by Crippen LogP contribution is -2.36. The standard InChI is InChI=1S/C27H28N2O3/c28-24(27(31)32)17-18-9-11-22(12-10-18)26(30)29-25-8-4-7-23(25)21-15-13-20(14-16-21)19-5-2-1-3-6-19/h1-3,5-6,9-16,23-25H,4,7-8,17,28H2,(H,29,30)(H,31,32)/t23?,24-,25-/m0/s1. The molecular weight excluding hydrogens is 400 g/mol. The van der Waals surface area contributed by atoms with Crippen molar-refractivity contribution in [3.8, 4) is 11.1 Å². The van der Waals surface area contributed by atoms with Gasteiger partial charge in [-0.05, 0) is 53.6 Å². The van der Waals surface area contributed by atoms with Gasteiger partial charge < -0.3 is 16.2 Å². The van der Waals surface area contributed by atoms with E-state index >= 15 is 0 Å². The van der Waals surface area contributed by atoms with Gasteiger partial charge in [-0.25, -0.2) is 0 Å². The van der Waals surface area contributed by atoms with Crippen molar-refractivity contribution >= 4 is 11.9 Å². The zero-order chi connectivity index (χ0) is 22.5. The summed E-state index contributed by atoms with van der Waals surface area (Å²) in [5, 5.41) is 12.2. The average molecular weight is 429 g/mol. The van der Waals surface area contributed by atoms with E-state index in [4.69, 9.17) is 10.8 Å². The van der Waals surface area contributed by atoms with Crippen LogP contribution in [0.1, 0.15) is 46.7 Å². The van der Waals surface area contributed by atoms with Gasteiger partial charge in [0.25, 0.3) is 5.91 Å². The first-order valence-corrected chi connectivity index (χ1v) is 11.0. The minimum absolute atomic E-state index is 0.100. The van der Waals surface area contributed by atoms with Gasteiger partial charge in [-0.3, -0.25) is 9.59 Å². The van der Waals surface area contributed by atoms with Crippen LogP contribution < -0.4 is 11.1 Å². The van der Waals surface area contributed by atoms with E-state index in [1.165, 1.54) is 16.7 Å². The summed E-state index contributed by atoms with van der Waals surface area (Å²) in [4.78, 5) is 23.7. The Balaban J connectivity index is 1.40. The number of carboxylic acid groups (broad SMARTS) is 1. The van der Waals surface area contributed by atoms with Gasteiger partial charge in [0.15, 0.2) is 0 Å². The Morgan fingerprint density at radius 1 is 0.906 bits per heavy atom. The van der Waals surface area contributed by atoms with Gasteiger partial charge in [0.05, 0.1) is 0 Å². The lowest BCUT2D eigenvalue weighted by atomic mass is 9.92. The molecule has 0 radical (unpaired) electrons. The molecule has 3 aromatic rings. The van der Waals surface area contributed by atoms with Crippen LogP contribution in [-0.4, -0.2) is 29.1 Å². The lowest BCUT2D eigenvalue weighted by Gasteiger charge is -2.22. The summed E-state index contributed by atoms with van der Waals surface area (Å²) in [6, 6.07) is 25.1. The van der Waals surface area contributed by atoms with E-state index in [9.17, 15) is 9.59 Å². The van der Waals surface area contributed by atoms with Crippen LogP contribution in [0.15, 0.2) is 78.9 Å². The van der Waals surface area contributed by atoms with Crippen molar-refractivity contribution in [2.24, 2.45) is 5.73 Å². The number of hydrogen-bond acceptors (Lipinski definition) is 3. The molecule has 5 heteroatoms. The van der Waals surface area contributed by atoms with E-state index in [1.54, 1.807) is 24.3 Å². The predicted molar refractivity (Wildman–Crippen MR) is 125 cm³/mol. The first-order chi connectivity index (χ1) is 15.5. The topological polar surface area (TPSA) is 92.4 Å². The van der Waals surface area contributed by atoms with Crippen LogP contribution in [-0.2, 0) is 11.2 Å². The van der Waals surface area contributed by atoms with E-state index in [2.05, 4.69) is 41.7 Å². The Bertz CT molecular complexity index is 1060. The number of carboxylic acids is 1. The number of carbonyl (C=O) groups excluding carboxylic acids is 1. The number of hydrogen-bond donors (Lipinski definition) is 3. The van der Waals surface area contributed by atoms with Crippen LogP contribution in [0.4, 0.5) is 0 Å². The van der Waals surface area contributed by atoms with Crippen molar-refractivity contribution in [3.63, 3.8) is 0 Å². The Kier molecular flexibility index (Phi) is 6.66. The number of benzene rings is 3. The first kappa shape index (κ1) is 21.8. The average Bonchev–Trinajstić information content (AvgIpc) is 3.28. The van der Waals surface area contributed by atoms with Gasteiger partial charge in [-0.1, -0.05) is 73.2 Å². The molecule has 0 saturated heterocycles. The molecule has 164 valence electrons. The van der Waals surface area contributed by atoms with E-state index in [0.29, 0.717) is 11.5 Å². The number of carbonyl (C=O) groups is 2. The highest BCUT2D eigenvalue weighted by Gasteiger charge is 2.30. The molecule has 0 aliphatic heterocycles. The highest BCUT2D eigenvalue weighted by Crippen LogP contribution is 2.35. The van der Waals surface area contributed by atoms with Crippen molar-refractivity contribution in [1.82, 2.24) is 5.32 Å². The van der Waals surface area contributed by atoms with Gasteiger partial charge >= 0.3 is 5.97 Å². The summed E-state index contributed by atoms with van der Waals surface area (Å²) in [6.07, 6.45) is 3.34. The zero-order valence-corrected chi connectivity index (χ0v) is 17.9. The van der Waals surface area contributed by atoms with Crippen LogP contribution in [0.3, 0.4) is 0 Å². The third kappa shape index (κ3) is 5.06. The molecule has 1 fully saturated rings. The zero-order valence-electron chi connectivity index (χ0n) is 17.9. The number of amides is 1. The molecule has 1 aliphatic carbocycles. The maximum Gasteiger partial charge on any atom is 0.320 e. The third-order valence-electron chi connectivity index (χ3n) is 6.27. The molecule has 0 spiro atoms. The summed E-state index contributed by atoms with van der Waals surface area (Å²) in [7, 11) is 0. The number of nitrogens with two attached hydrogens (primary N) is 1. The maximum atomic E-state index is 12.8. The summed E-state index contributed by atoms with van der Waals surface area (Å²) in [5.41, 5.74) is 10.6. The van der Waals surface area contributed by atoms with Crippen LogP contribution >= 0.6 is 0 Å². The fraction of sp³-hybridized carbons (Fsp3) is 0.259. The van der Waals surface area contributed by atoms with Gasteiger partial charge in [-0.2, -0.15) is 0 Å². The van der Waals surface area contributed by atoms with Crippen LogP contribution in [0.25, 0.3) is 11.1 Å². The summed E-state index contributed by atoms with van der Waals surface area (Å²) < 4.78 is 0. The van der Waals surface area contributed by atoms with Crippen molar-refractivity contribution in [1.29, 1.82) is 0 Å². The predicted octanol–water partition coefficient (Wildman–Crippen LogP) is 4.37. The Morgan fingerprint density at radius 3 is 2.22 bits per heavy atom. The normalized spacial score (nSPS) is 18.8. The maximum absolute atomic E-state index is 12.8. The third-order valence-corrected chi connectivity index (χ3v) is 6.27. The summed E-state index contributed by atoms with van der Waals surface area (Å²) in [5.74, 6) is -0.829. The second-order valence-corrected chi connectivity index (χ2v) is 8.45. The largest absolute Gasteiger partial charge is 0.480 e. The van der Waals surface area contributed by atoms with Crippen LogP contribution in [0.5, 0.6) is 0 Å². The monoisotopic (exact) mass is 428 g/mol. The molecule has 1 unspecified atom stereocenters. The summed E-state index contributed by atoms with van der Waals surface area (Å²) in [6.45, 7) is 0. The molecule has 3 aromatic carbocycles. The molecule has 3 atom stereocenters. The molecule has 0 heterocycles. The second kappa shape index (κ2) is 9.79. The Hall–Kier alpha value is -3.44. The van der Waals surface area contributed by atoms with Crippen LogP contribution in [0.2, 0.25) is 0 Å². The molecule has 1 saturated carbocycles. The van der Waals surface area contributed by atoms with Gasteiger partial charge in [0, 0.05) is 17.5 Å². The van der Waals surface area contributed by atoms with Gasteiger partial charge in [0.1, 0.15) is 6.04 Å². The quantitative estimate of drug-likeness (QED) is 0.521. The number of aliphatic carboxylic acids is 1. The SMILES string of the molecule is N[C@@H](Cc1ccc(C(=O)N[C@H]2CCCC2c2ccc(-c3ccccc3)cc2)cc1)C(=O)O. The van der Waals surface area contributed by atoms with E-state index in [1.807, 2.05) is 18.2 Å². The van der Waals surface area contributed by atoms with Gasteiger partial charge in [-0.15, -0.1) is 0 Å². The molecule has 0 aromatic heterocycles. The molecule has 4 rings (SSSR count). The summed E-state index contributed by atoms with van der Waals surface area (Å²) >= 11 is 0. The molecule has 4 N–H and O–H groups in total. The first-order valence-electron chi connectivity index (χ1n) is 11.0. The Labute approximate surface area is 188 Å². The van der Waals surface area contributed by atoms with E-state index < -0.39 is 12.0 Å². The van der Waals surface area contributed by atoms with Crippen molar-refractivity contribution in [2.75, 3.05) is 0 Å². The number of rotatable bonds is 7. The molecule has 32 heavy (non-hydrogen) atoms. The highest BCUT2D eigenvalue weighted by molar-refractivity contribution is 5.94. The number of nitrogens with one attached hydrogen (secondary N) is 1. The molecule has 0 bridgehead atoms. The van der Waals surface area contributed by atoms with E-state index in [-0.39, 0.29) is 18.4 Å². The van der Waals surface area contributed by atoms with Crippen molar-refractivity contribution in [3.05, 3.63) is 95.6 Å². The lowest BCUT2D eigenvalue weighted by molar-refractivity contribution is -0.138. The highest BCUT2D eigenvalue weighted by atomic mass is 16.4. The van der Waals surface area contributed by atoms with Gasteiger partial charge in [0.2, 0.25) is 0 Å². The van der Waals surface area contributed by atoms with E-state index in [0.717, 1.165) is 24.8 Å². The molecule has 1 amide bonds. The molecular formula is C27H28N2O3. The molecule has 5 nitrogen and oxygen atoms in total. The Morgan fingerprint density at radius 2 is 1.56 bits per heavy atom. The fourth-order valence-electron chi connectivity index (χ4n) is 4.47. The minimum Gasteiger partial charge on any atom is -0.480 e. The van der Waals surface area contributed by atoms with Crippen molar-refractivity contribution in [2.45, 2.75) is 43.7 Å². The molecule has 1 aliphatic rings. The van der Waals surface area contributed by atoms with Crippen LogP contribution in [0, 0.1) is 0 Å².